The Kier molecular flexibility index (Phi) is 4.07. The van der Waals surface area contributed by atoms with Gasteiger partial charge in [-0.25, -0.2) is 0 Å². The molecule has 0 bridgehead atoms. The minimum atomic E-state index is 0. The summed E-state index contributed by atoms with van der Waals surface area (Å²) in [5.41, 5.74) is 8.60. The molecule has 0 aliphatic heterocycles. The average molecular weight is 170 g/mol. The van der Waals surface area contributed by atoms with Crippen LogP contribution in [0, 0.1) is 6.07 Å². The van der Waals surface area contributed by atoms with Crippen LogP contribution >= 0.6 is 0 Å². The number of benzene rings is 1. The van der Waals surface area contributed by atoms with Crippen LogP contribution in [0.1, 0.15) is 0 Å². The van der Waals surface area contributed by atoms with Gasteiger partial charge in [0.1, 0.15) is 0 Å². The molecule has 2 nitrogen and oxygen atoms in total. The van der Waals surface area contributed by atoms with Crippen molar-refractivity contribution in [2.45, 2.75) is 0 Å². The van der Waals surface area contributed by atoms with E-state index in [9.17, 15) is 0 Å². The van der Waals surface area contributed by atoms with Crippen molar-refractivity contribution < 1.29 is 19.5 Å². The Bertz CT molecular complexity index is 174. The predicted molar refractivity (Wildman–Crippen MR) is 30.7 cm³/mol. The van der Waals surface area contributed by atoms with Crippen molar-refractivity contribution in [2.24, 2.45) is 5.11 Å². The van der Waals surface area contributed by atoms with Crippen LogP contribution in [0.15, 0.2) is 29.4 Å². The minimum absolute atomic E-state index is 0. The van der Waals surface area contributed by atoms with E-state index in [1.807, 2.05) is 6.07 Å². The van der Waals surface area contributed by atoms with E-state index in [2.05, 4.69) is 11.2 Å². The van der Waals surface area contributed by atoms with Gasteiger partial charge in [0.25, 0.3) is 0 Å². The van der Waals surface area contributed by atoms with Crippen LogP contribution in [0.4, 0.5) is 5.69 Å². The zero-order chi connectivity index (χ0) is 5.82. The zero-order valence-corrected chi connectivity index (χ0v) is 7.88. The molecule has 0 saturated carbocycles. The fourth-order valence-electron chi connectivity index (χ4n) is 0.446. The molecule has 0 atom stereocenters. The van der Waals surface area contributed by atoms with Gasteiger partial charge in [-0.05, 0) is 0 Å². The van der Waals surface area contributed by atoms with E-state index in [0.29, 0.717) is 5.69 Å². The van der Waals surface area contributed by atoms with Crippen LogP contribution in [0.5, 0.6) is 0 Å². The van der Waals surface area contributed by atoms with Gasteiger partial charge in [-0.1, -0.05) is 5.69 Å². The molecule has 0 N–H and O–H groups in total. The Balaban J connectivity index is 0.000000640. The Labute approximate surface area is 66.6 Å². The van der Waals surface area contributed by atoms with Crippen molar-refractivity contribution in [3.63, 3.8) is 0 Å². The summed E-state index contributed by atoms with van der Waals surface area (Å²) in [7, 11) is 0. The SMILES string of the molecule is [N-]=Nc1[c-]cccc1.[Zn+2]. The van der Waals surface area contributed by atoms with E-state index in [-0.39, 0.29) is 19.5 Å². The van der Waals surface area contributed by atoms with Gasteiger partial charge in [0.2, 0.25) is 0 Å². The first-order valence-corrected chi connectivity index (χ1v) is 2.25. The third-order valence-corrected chi connectivity index (χ3v) is 0.800. The maximum Gasteiger partial charge on any atom is 2.00 e. The summed E-state index contributed by atoms with van der Waals surface area (Å²) in [5.74, 6) is 0. The Morgan fingerprint density at radius 1 is 1.44 bits per heavy atom. The maximum atomic E-state index is 8.13. The number of nitrogens with zero attached hydrogens (tertiary/aromatic N) is 2. The molecule has 1 aromatic rings. The van der Waals surface area contributed by atoms with Crippen LogP contribution in [-0.2, 0) is 19.5 Å². The molecule has 9 heavy (non-hydrogen) atoms. The van der Waals surface area contributed by atoms with E-state index in [4.69, 9.17) is 5.53 Å². The molecule has 0 spiro atoms. The molecule has 1 aromatic carbocycles. The first kappa shape index (κ1) is 8.44. The Hall–Kier alpha value is -0.557. The van der Waals surface area contributed by atoms with Crippen molar-refractivity contribution in [2.75, 3.05) is 0 Å². The molecule has 0 aromatic heterocycles. The smallest absolute Gasteiger partial charge is 0.708 e. The van der Waals surface area contributed by atoms with Crippen LogP contribution in [-0.4, -0.2) is 0 Å². The molecule has 3 heteroatoms. The molecule has 0 radical (unpaired) electrons. The molecule has 0 saturated heterocycles. The largest absolute Gasteiger partial charge is 2.00 e. The summed E-state index contributed by atoms with van der Waals surface area (Å²) < 4.78 is 0. The predicted octanol–water partition coefficient (Wildman–Crippen LogP) is 2.14. The van der Waals surface area contributed by atoms with E-state index >= 15 is 0 Å². The van der Waals surface area contributed by atoms with Gasteiger partial charge < -0.3 is 10.6 Å². The number of hydrogen-bond donors (Lipinski definition) is 0. The average Bonchev–Trinajstić information content (AvgIpc) is 1.90. The van der Waals surface area contributed by atoms with Crippen LogP contribution in [0.25, 0.3) is 5.53 Å². The van der Waals surface area contributed by atoms with Gasteiger partial charge in [-0.2, -0.15) is 24.3 Å². The molecular formula is C6H4N2Zn. The van der Waals surface area contributed by atoms with Crippen molar-refractivity contribution in [1.29, 1.82) is 0 Å². The van der Waals surface area contributed by atoms with Crippen molar-refractivity contribution in [3.8, 4) is 0 Å². The van der Waals surface area contributed by atoms with Crippen LogP contribution in [0.3, 0.4) is 0 Å². The zero-order valence-electron chi connectivity index (χ0n) is 4.91. The summed E-state index contributed by atoms with van der Waals surface area (Å²) in [5, 5.41) is 2.92. The van der Waals surface area contributed by atoms with E-state index < -0.39 is 0 Å². The number of hydrogen-bond acceptors (Lipinski definition) is 1. The van der Waals surface area contributed by atoms with Gasteiger partial charge >= 0.3 is 19.5 Å². The second kappa shape index (κ2) is 4.33. The fraction of sp³-hybridized carbons (Fsp3) is 0. The van der Waals surface area contributed by atoms with E-state index in [1.54, 1.807) is 18.2 Å². The van der Waals surface area contributed by atoms with Crippen LogP contribution in [0.2, 0.25) is 0 Å². The van der Waals surface area contributed by atoms with E-state index in [1.165, 1.54) is 0 Å². The molecular weight excluding hydrogens is 165 g/mol. The molecule has 0 amide bonds. The summed E-state index contributed by atoms with van der Waals surface area (Å²) in [6, 6.07) is 9.66. The van der Waals surface area contributed by atoms with Crippen molar-refractivity contribution >= 4 is 5.69 Å². The van der Waals surface area contributed by atoms with Crippen LogP contribution < -0.4 is 0 Å². The molecule has 0 heterocycles. The third kappa shape index (κ3) is 2.47. The fourth-order valence-corrected chi connectivity index (χ4v) is 0.446. The van der Waals surface area contributed by atoms with E-state index in [0.717, 1.165) is 0 Å². The standard InChI is InChI=1S/C6H4N2.Zn/c7-8-6-4-2-1-3-5-6;/h1-4H;/q-2;+2. The van der Waals surface area contributed by atoms with Gasteiger partial charge in [0.15, 0.2) is 0 Å². The minimum Gasteiger partial charge on any atom is -0.708 e. The van der Waals surface area contributed by atoms with Gasteiger partial charge in [-0.3, -0.25) is 0 Å². The van der Waals surface area contributed by atoms with Gasteiger partial charge in [-0.15, -0.1) is 6.07 Å². The second-order valence-corrected chi connectivity index (χ2v) is 1.35. The summed E-state index contributed by atoms with van der Waals surface area (Å²) in [6.07, 6.45) is 0. The Morgan fingerprint density at radius 2 is 2.22 bits per heavy atom. The molecule has 0 fully saturated rings. The van der Waals surface area contributed by atoms with Crippen molar-refractivity contribution in [3.05, 3.63) is 35.9 Å². The third-order valence-electron chi connectivity index (χ3n) is 0.800. The molecule has 1 rings (SSSR count). The number of rotatable bonds is 1. The molecule has 0 aliphatic rings. The normalized spacial score (nSPS) is 7.56. The summed E-state index contributed by atoms with van der Waals surface area (Å²) >= 11 is 0. The summed E-state index contributed by atoms with van der Waals surface area (Å²) in [6.45, 7) is 0. The molecule has 40 valence electrons. The Morgan fingerprint density at radius 3 is 2.56 bits per heavy atom. The first-order valence-electron chi connectivity index (χ1n) is 2.25. The maximum absolute atomic E-state index is 8.13. The monoisotopic (exact) mass is 168 g/mol. The quantitative estimate of drug-likeness (QED) is 0.351. The van der Waals surface area contributed by atoms with Gasteiger partial charge in [0.05, 0.1) is 0 Å². The first-order chi connectivity index (χ1) is 3.93. The second-order valence-electron chi connectivity index (χ2n) is 1.35. The topological polar surface area (TPSA) is 34.7 Å². The molecule has 0 aliphatic carbocycles. The van der Waals surface area contributed by atoms with Gasteiger partial charge in [0, 0.05) is 0 Å². The summed E-state index contributed by atoms with van der Waals surface area (Å²) in [4.78, 5) is 0. The molecule has 0 unspecified atom stereocenters. The van der Waals surface area contributed by atoms with Crippen molar-refractivity contribution in [1.82, 2.24) is 0 Å².